The summed E-state index contributed by atoms with van der Waals surface area (Å²) in [5, 5.41) is 0. The zero-order valence-corrected chi connectivity index (χ0v) is 9.99. The van der Waals surface area contributed by atoms with Crippen LogP contribution in [-0.2, 0) is 4.74 Å². The highest BCUT2D eigenvalue weighted by molar-refractivity contribution is 5.34. The van der Waals surface area contributed by atoms with Crippen LogP contribution in [-0.4, -0.2) is 6.61 Å². The summed E-state index contributed by atoms with van der Waals surface area (Å²) in [4.78, 5) is 0. The summed E-state index contributed by atoms with van der Waals surface area (Å²) in [6, 6.07) is 6.25. The molecule has 0 aliphatic carbocycles. The minimum atomic E-state index is -0.111. The van der Waals surface area contributed by atoms with Crippen LogP contribution < -0.4 is 5.73 Å². The number of benzene rings is 1. The maximum Gasteiger partial charge on any atom is 0.113 e. The van der Waals surface area contributed by atoms with E-state index in [-0.39, 0.29) is 6.04 Å². The highest BCUT2D eigenvalue weighted by Crippen LogP contribution is 2.25. The zero-order valence-electron chi connectivity index (χ0n) is 9.99. The lowest BCUT2D eigenvalue weighted by Crippen LogP contribution is -2.18. The molecular formula is C14H19NO. The highest BCUT2D eigenvalue weighted by Gasteiger charge is 2.15. The first-order chi connectivity index (χ1) is 7.68. The number of rotatable bonds is 2. The molecule has 0 bridgehead atoms. The summed E-state index contributed by atoms with van der Waals surface area (Å²) < 4.78 is 5.60. The predicted molar refractivity (Wildman–Crippen MR) is 66.1 cm³/mol. The quantitative estimate of drug-likeness (QED) is 0.826. The van der Waals surface area contributed by atoms with Gasteiger partial charge in [-0.05, 0) is 49.5 Å². The van der Waals surface area contributed by atoms with E-state index in [1.54, 1.807) is 0 Å². The van der Waals surface area contributed by atoms with Gasteiger partial charge in [0, 0.05) is 0 Å². The third-order valence-corrected chi connectivity index (χ3v) is 3.16. The van der Waals surface area contributed by atoms with Gasteiger partial charge in [-0.15, -0.1) is 0 Å². The maximum atomic E-state index is 6.20. The Kier molecular flexibility index (Phi) is 3.30. The number of ether oxygens (including phenoxy) is 1. The summed E-state index contributed by atoms with van der Waals surface area (Å²) in [5.74, 6) is 0.925. The second kappa shape index (κ2) is 4.71. The van der Waals surface area contributed by atoms with Crippen molar-refractivity contribution in [2.24, 2.45) is 5.73 Å². The van der Waals surface area contributed by atoms with Crippen LogP contribution in [0.2, 0.25) is 0 Å². The van der Waals surface area contributed by atoms with Gasteiger partial charge in [0.25, 0.3) is 0 Å². The zero-order chi connectivity index (χ0) is 11.5. The standard InChI is InChI=1S/C14H19NO/c1-10-6-7-12(9-11(10)2)14(15)13-5-3-4-8-16-13/h5-7,9,14H,3-4,8,15H2,1-2H3. The molecule has 0 amide bonds. The van der Waals surface area contributed by atoms with Gasteiger partial charge in [-0.25, -0.2) is 0 Å². The van der Waals surface area contributed by atoms with E-state index < -0.39 is 0 Å². The minimum Gasteiger partial charge on any atom is -0.496 e. The molecular weight excluding hydrogens is 198 g/mol. The predicted octanol–water partition coefficient (Wildman–Crippen LogP) is 3.00. The average molecular weight is 217 g/mol. The lowest BCUT2D eigenvalue weighted by molar-refractivity contribution is 0.176. The van der Waals surface area contributed by atoms with Crippen molar-refractivity contribution in [3.05, 3.63) is 46.7 Å². The van der Waals surface area contributed by atoms with E-state index in [0.717, 1.165) is 30.8 Å². The number of hydrogen-bond acceptors (Lipinski definition) is 2. The third kappa shape index (κ3) is 2.27. The van der Waals surface area contributed by atoms with Gasteiger partial charge in [0.15, 0.2) is 0 Å². The summed E-state index contributed by atoms with van der Waals surface area (Å²) >= 11 is 0. The molecule has 2 heteroatoms. The second-order valence-electron chi connectivity index (χ2n) is 4.42. The Bertz CT molecular complexity index is 409. The molecule has 86 valence electrons. The molecule has 2 nitrogen and oxygen atoms in total. The van der Waals surface area contributed by atoms with Crippen molar-refractivity contribution in [3.8, 4) is 0 Å². The summed E-state index contributed by atoms with van der Waals surface area (Å²) in [6.45, 7) is 5.02. The van der Waals surface area contributed by atoms with Gasteiger partial charge in [-0.1, -0.05) is 18.2 Å². The Hall–Kier alpha value is -1.28. The van der Waals surface area contributed by atoms with Crippen LogP contribution in [0.1, 0.15) is 35.6 Å². The first-order valence-electron chi connectivity index (χ1n) is 5.84. The van der Waals surface area contributed by atoms with E-state index in [0.29, 0.717) is 0 Å². The molecule has 0 spiro atoms. The first kappa shape index (κ1) is 11.2. The Balaban J connectivity index is 2.22. The Morgan fingerprint density at radius 2 is 2.06 bits per heavy atom. The van der Waals surface area contributed by atoms with Gasteiger partial charge in [0.1, 0.15) is 5.76 Å². The van der Waals surface area contributed by atoms with Crippen molar-refractivity contribution in [2.45, 2.75) is 32.7 Å². The van der Waals surface area contributed by atoms with Crippen molar-refractivity contribution < 1.29 is 4.74 Å². The molecule has 0 saturated heterocycles. The number of hydrogen-bond donors (Lipinski definition) is 1. The molecule has 1 unspecified atom stereocenters. The molecule has 2 N–H and O–H groups in total. The number of allylic oxidation sites excluding steroid dienone is 1. The second-order valence-corrected chi connectivity index (χ2v) is 4.42. The van der Waals surface area contributed by atoms with Gasteiger partial charge < -0.3 is 10.5 Å². The Labute approximate surface area is 97.1 Å². The van der Waals surface area contributed by atoms with E-state index >= 15 is 0 Å². The monoisotopic (exact) mass is 217 g/mol. The van der Waals surface area contributed by atoms with Crippen LogP contribution in [0, 0.1) is 13.8 Å². The lowest BCUT2D eigenvalue weighted by Gasteiger charge is -2.21. The molecule has 1 aromatic rings. The summed E-state index contributed by atoms with van der Waals surface area (Å²) in [7, 11) is 0. The molecule has 2 rings (SSSR count). The molecule has 1 heterocycles. The normalized spacial score (nSPS) is 17.6. The van der Waals surface area contributed by atoms with Gasteiger partial charge >= 0.3 is 0 Å². The van der Waals surface area contributed by atoms with Crippen molar-refractivity contribution >= 4 is 0 Å². The Morgan fingerprint density at radius 3 is 2.69 bits per heavy atom. The SMILES string of the molecule is Cc1ccc(C(N)C2=CCCCO2)cc1C. The lowest BCUT2D eigenvalue weighted by atomic mass is 9.99. The van der Waals surface area contributed by atoms with E-state index in [4.69, 9.17) is 10.5 Å². The van der Waals surface area contributed by atoms with Gasteiger partial charge in [0.2, 0.25) is 0 Å². The van der Waals surface area contributed by atoms with Crippen LogP contribution >= 0.6 is 0 Å². The van der Waals surface area contributed by atoms with E-state index in [2.05, 4.69) is 38.1 Å². The van der Waals surface area contributed by atoms with E-state index in [1.807, 2.05) is 0 Å². The van der Waals surface area contributed by atoms with E-state index in [9.17, 15) is 0 Å². The third-order valence-electron chi connectivity index (χ3n) is 3.16. The Morgan fingerprint density at radius 1 is 1.25 bits per heavy atom. The minimum absolute atomic E-state index is 0.111. The molecule has 1 atom stereocenters. The van der Waals surface area contributed by atoms with Crippen molar-refractivity contribution in [1.29, 1.82) is 0 Å². The van der Waals surface area contributed by atoms with Crippen LogP contribution in [0.15, 0.2) is 30.0 Å². The molecule has 1 aliphatic rings. The van der Waals surface area contributed by atoms with Crippen molar-refractivity contribution in [1.82, 2.24) is 0 Å². The maximum absolute atomic E-state index is 6.20. The van der Waals surface area contributed by atoms with E-state index in [1.165, 1.54) is 11.1 Å². The van der Waals surface area contributed by atoms with Gasteiger partial charge in [0.05, 0.1) is 12.6 Å². The van der Waals surface area contributed by atoms with Gasteiger partial charge in [-0.2, -0.15) is 0 Å². The van der Waals surface area contributed by atoms with Crippen LogP contribution in [0.25, 0.3) is 0 Å². The number of nitrogens with two attached hydrogens (primary N) is 1. The first-order valence-corrected chi connectivity index (χ1v) is 5.84. The van der Waals surface area contributed by atoms with Crippen LogP contribution in [0.3, 0.4) is 0 Å². The molecule has 0 fully saturated rings. The fourth-order valence-corrected chi connectivity index (χ4v) is 1.92. The van der Waals surface area contributed by atoms with Gasteiger partial charge in [-0.3, -0.25) is 0 Å². The van der Waals surface area contributed by atoms with Crippen LogP contribution in [0.4, 0.5) is 0 Å². The smallest absolute Gasteiger partial charge is 0.113 e. The molecule has 0 saturated carbocycles. The van der Waals surface area contributed by atoms with Crippen LogP contribution in [0.5, 0.6) is 0 Å². The highest BCUT2D eigenvalue weighted by atomic mass is 16.5. The fraction of sp³-hybridized carbons (Fsp3) is 0.429. The molecule has 0 radical (unpaired) electrons. The van der Waals surface area contributed by atoms with Crippen molar-refractivity contribution in [2.75, 3.05) is 6.61 Å². The van der Waals surface area contributed by atoms with Crippen molar-refractivity contribution in [3.63, 3.8) is 0 Å². The molecule has 0 aromatic heterocycles. The molecule has 16 heavy (non-hydrogen) atoms. The summed E-state index contributed by atoms with van der Waals surface area (Å²) in [5.41, 5.74) is 9.91. The molecule has 1 aromatic carbocycles. The summed E-state index contributed by atoms with van der Waals surface area (Å²) in [6.07, 6.45) is 4.29. The number of aryl methyl sites for hydroxylation is 2. The largest absolute Gasteiger partial charge is 0.496 e. The topological polar surface area (TPSA) is 35.2 Å². The fourth-order valence-electron chi connectivity index (χ4n) is 1.92. The molecule has 1 aliphatic heterocycles. The average Bonchev–Trinajstić information content (AvgIpc) is 2.33.